The van der Waals surface area contributed by atoms with E-state index >= 15 is 0 Å². The lowest BCUT2D eigenvalue weighted by Crippen LogP contribution is -2.27. The lowest BCUT2D eigenvalue weighted by Gasteiger charge is -2.10. The molecule has 0 aliphatic carbocycles. The average molecular weight is 196 g/mol. The Morgan fingerprint density at radius 3 is 2.62 bits per heavy atom. The minimum atomic E-state index is -4.54. The first kappa shape index (κ1) is 9.85. The van der Waals surface area contributed by atoms with Crippen molar-refractivity contribution in [2.75, 3.05) is 7.11 Å². The van der Waals surface area contributed by atoms with Crippen molar-refractivity contribution in [1.82, 2.24) is 5.16 Å². The topological polar surface area (TPSA) is 61.3 Å². The van der Waals surface area contributed by atoms with Gasteiger partial charge < -0.3 is 15.0 Å². The Labute approximate surface area is 71.4 Å². The van der Waals surface area contributed by atoms with Gasteiger partial charge in [-0.3, -0.25) is 0 Å². The summed E-state index contributed by atoms with van der Waals surface area (Å²) < 4.78 is 44.8. The summed E-state index contributed by atoms with van der Waals surface area (Å²) in [6.07, 6.45) is -4.54. The van der Waals surface area contributed by atoms with E-state index in [0.717, 1.165) is 6.07 Å². The lowest BCUT2D eigenvalue weighted by molar-refractivity contribution is -0.153. The molecule has 1 rings (SSSR count). The molecule has 0 radical (unpaired) electrons. The van der Waals surface area contributed by atoms with Gasteiger partial charge in [-0.2, -0.15) is 13.2 Å². The Morgan fingerprint density at radius 1 is 1.62 bits per heavy atom. The summed E-state index contributed by atoms with van der Waals surface area (Å²) in [6.45, 7) is 0. The van der Waals surface area contributed by atoms with E-state index in [9.17, 15) is 13.2 Å². The SMILES string of the molecule is COc1cc(C(N)C(F)(F)F)on1. The smallest absolute Gasteiger partial charge is 0.410 e. The number of nitrogens with two attached hydrogens (primary N) is 1. The summed E-state index contributed by atoms with van der Waals surface area (Å²) >= 11 is 0. The maximum absolute atomic E-state index is 12.0. The van der Waals surface area contributed by atoms with Crippen LogP contribution in [-0.4, -0.2) is 18.4 Å². The summed E-state index contributed by atoms with van der Waals surface area (Å²) in [7, 11) is 1.26. The number of methoxy groups -OCH3 is 1. The van der Waals surface area contributed by atoms with Crippen molar-refractivity contribution in [1.29, 1.82) is 0 Å². The molecule has 2 N–H and O–H groups in total. The number of rotatable bonds is 2. The van der Waals surface area contributed by atoms with Crippen LogP contribution in [0.25, 0.3) is 0 Å². The van der Waals surface area contributed by atoms with Gasteiger partial charge in [-0.1, -0.05) is 0 Å². The van der Waals surface area contributed by atoms with Crippen LogP contribution in [0.15, 0.2) is 10.6 Å². The number of aromatic nitrogens is 1. The second-order valence-electron chi connectivity index (χ2n) is 2.29. The van der Waals surface area contributed by atoms with Crippen LogP contribution in [0.1, 0.15) is 11.8 Å². The molecule has 1 aromatic heterocycles. The highest BCUT2D eigenvalue weighted by Gasteiger charge is 2.40. The van der Waals surface area contributed by atoms with Crippen LogP contribution in [0.3, 0.4) is 0 Å². The Kier molecular flexibility index (Phi) is 2.46. The van der Waals surface area contributed by atoms with Gasteiger partial charge in [-0.05, 0) is 5.16 Å². The number of halogens is 3. The highest BCUT2D eigenvalue weighted by molar-refractivity contribution is 5.14. The zero-order chi connectivity index (χ0) is 10.1. The van der Waals surface area contributed by atoms with E-state index in [1.165, 1.54) is 7.11 Å². The van der Waals surface area contributed by atoms with Crippen LogP contribution in [0.5, 0.6) is 5.88 Å². The molecule has 0 saturated heterocycles. The van der Waals surface area contributed by atoms with E-state index in [0.29, 0.717) is 0 Å². The fourth-order valence-electron chi connectivity index (χ4n) is 0.676. The van der Waals surface area contributed by atoms with Crippen LogP contribution >= 0.6 is 0 Å². The van der Waals surface area contributed by atoms with Crippen molar-refractivity contribution in [3.63, 3.8) is 0 Å². The quantitative estimate of drug-likeness (QED) is 0.773. The van der Waals surface area contributed by atoms with E-state index in [2.05, 4.69) is 14.4 Å². The Balaban J connectivity index is 2.83. The molecule has 1 unspecified atom stereocenters. The normalized spacial score (nSPS) is 14.2. The first-order chi connectivity index (χ1) is 5.95. The summed E-state index contributed by atoms with van der Waals surface area (Å²) in [4.78, 5) is 0. The van der Waals surface area contributed by atoms with Gasteiger partial charge in [0.1, 0.15) is 0 Å². The number of nitrogens with zero attached hydrogens (tertiary/aromatic N) is 1. The molecule has 0 aromatic carbocycles. The second kappa shape index (κ2) is 3.25. The van der Waals surface area contributed by atoms with Gasteiger partial charge in [0.05, 0.1) is 7.11 Å². The highest BCUT2D eigenvalue weighted by Crippen LogP contribution is 2.31. The minimum Gasteiger partial charge on any atom is -0.479 e. The first-order valence-corrected chi connectivity index (χ1v) is 3.28. The van der Waals surface area contributed by atoms with Gasteiger partial charge in [-0.25, -0.2) is 0 Å². The summed E-state index contributed by atoms with van der Waals surface area (Å²) in [5.74, 6) is -0.501. The van der Waals surface area contributed by atoms with E-state index in [4.69, 9.17) is 5.73 Å². The monoisotopic (exact) mass is 196 g/mol. The van der Waals surface area contributed by atoms with E-state index in [1.54, 1.807) is 0 Å². The fourth-order valence-corrected chi connectivity index (χ4v) is 0.676. The zero-order valence-electron chi connectivity index (χ0n) is 6.63. The second-order valence-corrected chi connectivity index (χ2v) is 2.29. The predicted molar refractivity (Wildman–Crippen MR) is 36.0 cm³/mol. The predicted octanol–water partition coefficient (Wildman–Crippen LogP) is 1.25. The van der Waals surface area contributed by atoms with Crippen molar-refractivity contribution in [2.45, 2.75) is 12.2 Å². The van der Waals surface area contributed by atoms with Crippen LogP contribution in [0.2, 0.25) is 0 Å². The molecule has 4 nitrogen and oxygen atoms in total. The highest BCUT2D eigenvalue weighted by atomic mass is 19.4. The molecular formula is C6H7F3N2O2. The average Bonchev–Trinajstić information content (AvgIpc) is 2.48. The number of alkyl halides is 3. The molecule has 0 aliphatic heterocycles. The lowest BCUT2D eigenvalue weighted by atomic mass is 10.2. The number of ether oxygens (including phenoxy) is 1. The first-order valence-electron chi connectivity index (χ1n) is 3.28. The Bertz CT molecular complexity index is 284. The molecule has 0 saturated carbocycles. The molecule has 0 fully saturated rings. The third kappa shape index (κ3) is 2.11. The van der Waals surface area contributed by atoms with Crippen molar-refractivity contribution in [2.24, 2.45) is 5.73 Å². The molecule has 0 spiro atoms. The van der Waals surface area contributed by atoms with Crippen LogP contribution in [-0.2, 0) is 0 Å². The van der Waals surface area contributed by atoms with Crippen molar-refractivity contribution < 1.29 is 22.4 Å². The molecule has 74 valence electrons. The van der Waals surface area contributed by atoms with Gasteiger partial charge in [0.2, 0.25) is 0 Å². The van der Waals surface area contributed by atoms with Crippen LogP contribution in [0, 0.1) is 0 Å². The number of hydrogen-bond donors (Lipinski definition) is 1. The molecule has 1 atom stereocenters. The molecule has 0 bridgehead atoms. The maximum Gasteiger partial charge on any atom is 0.410 e. The fraction of sp³-hybridized carbons (Fsp3) is 0.500. The molecule has 7 heteroatoms. The maximum atomic E-state index is 12.0. The van der Waals surface area contributed by atoms with Crippen LogP contribution < -0.4 is 10.5 Å². The number of hydrogen-bond acceptors (Lipinski definition) is 4. The Morgan fingerprint density at radius 2 is 2.23 bits per heavy atom. The Hall–Kier alpha value is -1.24. The van der Waals surface area contributed by atoms with E-state index < -0.39 is 18.0 Å². The molecule has 13 heavy (non-hydrogen) atoms. The van der Waals surface area contributed by atoms with Gasteiger partial charge in [0.25, 0.3) is 5.88 Å². The molecule has 0 amide bonds. The summed E-state index contributed by atoms with van der Waals surface area (Å²) in [5, 5.41) is 3.19. The molecule has 1 aromatic rings. The third-order valence-corrected chi connectivity index (χ3v) is 1.38. The van der Waals surface area contributed by atoms with Crippen molar-refractivity contribution in [3.8, 4) is 5.88 Å². The summed E-state index contributed by atoms with van der Waals surface area (Å²) in [6, 6.07) is -1.16. The largest absolute Gasteiger partial charge is 0.479 e. The minimum absolute atomic E-state index is 0.0327. The van der Waals surface area contributed by atoms with Crippen molar-refractivity contribution >= 4 is 0 Å². The van der Waals surface area contributed by atoms with Gasteiger partial charge in [0, 0.05) is 6.07 Å². The van der Waals surface area contributed by atoms with E-state index in [1.807, 2.05) is 0 Å². The van der Waals surface area contributed by atoms with Gasteiger partial charge >= 0.3 is 6.18 Å². The third-order valence-electron chi connectivity index (χ3n) is 1.38. The van der Waals surface area contributed by atoms with Crippen molar-refractivity contribution in [3.05, 3.63) is 11.8 Å². The van der Waals surface area contributed by atoms with Gasteiger partial charge in [0.15, 0.2) is 11.8 Å². The summed E-state index contributed by atoms with van der Waals surface area (Å²) in [5.41, 5.74) is 4.83. The van der Waals surface area contributed by atoms with Gasteiger partial charge in [-0.15, -0.1) is 0 Å². The molecule has 0 aliphatic rings. The standard InChI is InChI=1S/C6H7F3N2O2/c1-12-4-2-3(13-11-4)5(10)6(7,8)9/h2,5H,10H2,1H3. The zero-order valence-corrected chi connectivity index (χ0v) is 6.63. The molecular weight excluding hydrogens is 189 g/mol. The molecule has 1 heterocycles. The van der Waals surface area contributed by atoms with E-state index in [-0.39, 0.29) is 5.88 Å². The van der Waals surface area contributed by atoms with Crippen LogP contribution in [0.4, 0.5) is 13.2 Å².